The summed E-state index contributed by atoms with van der Waals surface area (Å²) in [6.45, 7) is 5.72. The molecule has 1 aromatic carbocycles. The van der Waals surface area contributed by atoms with Crippen molar-refractivity contribution in [1.29, 1.82) is 0 Å². The van der Waals surface area contributed by atoms with E-state index >= 15 is 0 Å². The van der Waals surface area contributed by atoms with Gasteiger partial charge in [-0.25, -0.2) is 4.21 Å². The van der Waals surface area contributed by atoms with E-state index in [2.05, 4.69) is 9.50 Å². The number of aromatic nitrogens is 2. The van der Waals surface area contributed by atoms with E-state index in [4.69, 9.17) is 0 Å². The summed E-state index contributed by atoms with van der Waals surface area (Å²) in [5, 5.41) is 5.24. The van der Waals surface area contributed by atoms with Gasteiger partial charge in [0.2, 0.25) is 0 Å². The molecule has 1 atom stereocenters. The van der Waals surface area contributed by atoms with E-state index in [1.165, 1.54) is 0 Å². The summed E-state index contributed by atoms with van der Waals surface area (Å²) in [5.41, 5.74) is 2.01. The predicted octanol–water partition coefficient (Wildman–Crippen LogP) is 2.45. The molecule has 1 aromatic heterocycles. The zero-order valence-electron chi connectivity index (χ0n) is 11.0. The highest BCUT2D eigenvalue weighted by Crippen LogP contribution is 2.15. The Morgan fingerprint density at radius 3 is 2.78 bits per heavy atom. The van der Waals surface area contributed by atoms with Gasteiger partial charge < -0.3 is 0 Å². The molecule has 4 nitrogen and oxygen atoms in total. The fraction of sp³-hybridized carbons (Fsp3) is 0.385. The predicted molar refractivity (Wildman–Crippen MR) is 76.2 cm³/mol. The van der Waals surface area contributed by atoms with E-state index in [1.54, 1.807) is 6.21 Å². The molecule has 0 fully saturated rings. The molecular weight excluding hydrogens is 246 g/mol. The zero-order valence-corrected chi connectivity index (χ0v) is 11.9. The van der Waals surface area contributed by atoms with Gasteiger partial charge in [0, 0.05) is 18.6 Å². The Kier molecular flexibility index (Phi) is 3.34. The first kappa shape index (κ1) is 13.0. The normalized spacial score (nSPS) is 14.4. The van der Waals surface area contributed by atoms with Crippen LogP contribution < -0.4 is 0 Å². The Morgan fingerprint density at radius 1 is 1.39 bits per heavy atom. The van der Waals surface area contributed by atoms with E-state index in [-0.39, 0.29) is 4.75 Å². The van der Waals surface area contributed by atoms with Crippen molar-refractivity contribution >= 4 is 28.1 Å². The van der Waals surface area contributed by atoms with E-state index in [1.807, 2.05) is 56.9 Å². The average Bonchev–Trinajstić information content (AvgIpc) is 2.66. The first-order valence-corrected chi connectivity index (χ1v) is 6.86. The molecule has 0 spiro atoms. The lowest BCUT2D eigenvalue weighted by Gasteiger charge is -2.12. The van der Waals surface area contributed by atoms with Crippen LogP contribution in [0, 0.1) is 0 Å². The standard InChI is InChI=1S/C13H17N3OS/c1-13(2,3)18(17)15-8-10-5-6-12-11(7-10)9-14-16(12)4/h5-9H,1-4H3/t18-/m1/s1. The fourth-order valence-electron chi connectivity index (χ4n) is 1.53. The molecule has 96 valence electrons. The first-order valence-electron chi connectivity index (χ1n) is 5.76. The second-order valence-corrected chi connectivity index (χ2v) is 7.12. The van der Waals surface area contributed by atoms with Gasteiger partial charge in [0.05, 0.1) is 16.5 Å². The maximum absolute atomic E-state index is 11.8. The third-order valence-electron chi connectivity index (χ3n) is 2.59. The third kappa shape index (κ3) is 2.67. The van der Waals surface area contributed by atoms with Crippen LogP contribution in [-0.4, -0.2) is 25.0 Å². The molecule has 18 heavy (non-hydrogen) atoms. The molecule has 0 saturated carbocycles. The third-order valence-corrected chi connectivity index (χ3v) is 3.94. The van der Waals surface area contributed by atoms with Crippen molar-refractivity contribution in [1.82, 2.24) is 9.78 Å². The number of hydrogen-bond donors (Lipinski definition) is 0. The fourth-order valence-corrected chi connectivity index (χ4v) is 2.06. The van der Waals surface area contributed by atoms with Gasteiger partial charge in [-0.15, -0.1) is 0 Å². The van der Waals surface area contributed by atoms with Crippen LogP contribution in [0.3, 0.4) is 0 Å². The highest BCUT2D eigenvalue weighted by molar-refractivity contribution is 7.85. The van der Waals surface area contributed by atoms with E-state index < -0.39 is 11.0 Å². The maximum Gasteiger partial charge on any atom is 0.144 e. The van der Waals surface area contributed by atoms with E-state index in [0.29, 0.717) is 0 Å². The first-order chi connectivity index (χ1) is 8.38. The molecular formula is C13H17N3OS. The summed E-state index contributed by atoms with van der Waals surface area (Å²) in [6, 6.07) is 5.93. The van der Waals surface area contributed by atoms with Gasteiger partial charge in [-0.05, 0) is 38.5 Å². The van der Waals surface area contributed by atoms with Gasteiger partial charge in [-0.2, -0.15) is 9.50 Å². The molecule has 0 amide bonds. The summed E-state index contributed by atoms with van der Waals surface area (Å²) in [5.74, 6) is 0. The van der Waals surface area contributed by atoms with Crippen molar-refractivity contribution in [2.45, 2.75) is 25.5 Å². The van der Waals surface area contributed by atoms with Crippen molar-refractivity contribution in [2.75, 3.05) is 0 Å². The summed E-state index contributed by atoms with van der Waals surface area (Å²) in [6.07, 6.45) is 3.47. The Morgan fingerprint density at radius 2 is 2.11 bits per heavy atom. The van der Waals surface area contributed by atoms with Gasteiger partial charge in [0.25, 0.3) is 0 Å². The highest BCUT2D eigenvalue weighted by Gasteiger charge is 2.18. The van der Waals surface area contributed by atoms with E-state index in [0.717, 1.165) is 16.5 Å². The minimum Gasteiger partial charge on any atom is -0.268 e. The van der Waals surface area contributed by atoms with Gasteiger partial charge in [-0.1, -0.05) is 6.07 Å². The quantitative estimate of drug-likeness (QED) is 0.781. The van der Waals surface area contributed by atoms with Crippen molar-refractivity contribution in [3.63, 3.8) is 0 Å². The molecule has 2 rings (SSSR count). The highest BCUT2D eigenvalue weighted by atomic mass is 32.2. The number of hydrogen-bond acceptors (Lipinski definition) is 2. The van der Waals surface area contributed by atoms with Crippen LogP contribution in [0.5, 0.6) is 0 Å². The molecule has 0 unspecified atom stereocenters. The molecule has 0 saturated heterocycles. The van der Waals surface area contributed by atoms with Crippen LogP contribution in [-0.2, 0) is 18.0 Å². The molecule has 0 N–H and O–H groups in total. The average molecular weight is 263 g/mol. The largest absolute Gasteiger partial charge is 0.268 e. The van der Waals surface area contributed by atoms with Crippen LogP contribution in [0.4, 0.5) is 0 Å². The monoisotopic (exact) mass is 263 g/mol. The Bertz CT molecular complexity index is 623. The molecule has 0 aliphatic rings. The number of nitrogens with zero attached hydrogens (tertiary/aromatic N) is 3. The molecule has 5 heteroatoms. The van der Waals surface area contributed by atoms with E-state index in [9.17, 15) is 4.21 Å². The summed E-state index contributed by atoms with van der Waals surface area (Å²) >= 11 is 0. The second-order valence-electron chi connectivity index (χ2n) is 5.18. The van der Waals surface area contributed by atoms with Crippen molar-refractivity contribution in [3.8, 4) is 0 Å². The maximum atomic E-state index is 11.8. The van der Waals surface area contributed by atoms with Crippen LogP contribution in [0.15, 0.2) is 28.8 Å². The lowest BCUT2D eigenvalue weighted by atomic mass is 10.2. The number of benzene rings is 1. The Labute approximate surface area is 109 Å². The topological polar surface area (TPSA) is 47.2 Å². The number of fused-ring (bicyclic) bond motifs is 1. The summed E-state index contributed by atoms with van der Waals surface area (Å²) in [7, 11) is 0.690. The molecule has 0 radical (unpaired) electrons. The number of rotatable bonds is 2. The van der Waals surface area contributed by atoms with Crippen molar-refractivity contribution in [3.05, 3.63) is 30.0 Å². The van der Waals surface area contributed by atoms with Crippen molar-refractivity contribution in [2.24, 2.45) is 11.4 Å². The van der Waals surface area contributed by atoms with Crippen LogP contribution in [0.25, 0.3) is 10.9 Å². The molecule has 2 aromatic rings. The minimum atomic E-state index is -1.22. The summed E-state index contributed by atoms with van der Waals surface area (Å²) < 4.78 is 17.4. The van der Waals surface area contributed by atoms with Gasteiger partial charge in [-0.3, -0.25) is 4.68 Å². The molecule has 0 aliphatic heterocycles. The van der Waals surface area contributed by atoms with Gasteiger partial charge >= 0.3 is 0 Å². The zero-order chi connectivity index (χ0) is 13.3. The lowest BCUT2D eigenvalue weighted by Crippen LogP contribution is -2.19. The minimum absolute atomic E-state index is 0.325. The molecule has 0 bridgehead atoms. The lowest BCUT2D eigenvalue weighted by molar-refractivity contribution is 0.651. The Balaban J connectivity index is 2.27. The van der Waals surface area contributed by atoms with Gasteiger partial charge in [0.15, 0.2) is 0 Å². The van der Waals surface area contributed by atoms with Crippen LogP contribution >= 0.6 is 0 Å². The van der Waals surface area contributed by atoms with Crippen molar-refractivity contribution < 1.29 is 4.21 Å². The Hall–Kier alpha value is -1.49. The smallest absolute Gasteiger partial charge is 0.144 e. The second kappa shape index (κ2) is 4.65. The number of aryl methyl sites for hydroxylation is 1. The van der Waals surface area contributed by atoms with Crippen LogP contribution in [0.2, 0.25) is 0 Å². The summed E-state index contributed by atoms with van der Waals surface area (Å²) in [4.78, 5) is 0. The molecule has 0 aliphatic carbocycles. The van der Waals surface area contributed by atoms with Gasteiger partial charge in [0.1, 0.15) is 11.0 Å². The van der Waals surface area contributed by atoms with Crippen LogP contribution in [0.1, 0.15) is 26.3 Å². The SMILES string of the molecule is Cn1ncc2cc(C=N[S@](=O)C(C)(C)C)ccc21. The molecule has 1 heterocycles.